The molecule has 0 radical (unpaired) electrons. The van der Waals surface area contributed by atoms with Gasteiger partial charge in [0.15, 0.2) is 0 Å². The maximum atomic E-state index is 11.8. The molecule has 0 aliphatic carbocycles. The molecule has 1 aromatic rings. The van der Waals surface area contributed by atoms with Gasteiger partial charge >= 0.3 is 6.09 Å². The Morgan fingerprint density at radius 2 is 1.88 bits per heavy atom. The Labute approximate surface area is 156 Å². The van der Waals surface area contributed by atoms with Gasteiger partial charge in [-0.25, -0.2) is 4.79 Å². The number of hydrogen-bond donors (Lipinski definition) is 0. The van der Waals surface area contributed by atoms with Crippen LogP contribution in [-0.4, -0.2) is 78.8 Å². The lowest BCUT2D eigenvalue weighted by atomic mass is 9.90. The van der Waals surface area contributed by atoms with Gasteiger partial charge in [0.05, 0.1) is 6.54 Å². The molecular weight excluding hydrogens is 326 g/mol. The third-order valence-electron chi connectivity index (χ3n) is 6.34. The van der Waals surface area contributed by atoms with E-state index in [0.29, 0.717) is 6.04 Å². The fraction of sp³-hybridized carbons (Fsp3) is 0.667. The molecule has 0 aromatic heterocycles. The first kappa shape index (κ1) is 17.8. The van der Waals surface area contributed by atoms with E-state index in [-0.39, 0.29) is 11.7 Å². The van der Waals surface area contributed by atoms with Crippen molar-refractivity contribution in [2.75, 3.05) is 46.3 Å². The maximum absolute atomic E-state index is 11.8. The predicted molar refractivity (Wildman–Crippen MR) is 102 cm³/mol. The molecule has 5 heteroatoms. The number of benzene rings is 1. The average Bonchev–Trinajstić information content (AvgIpc) is 2.94. The van der Waals surface area contributed by atoms with E-state index in [0.717, 1.165) is 45.4 Å². The first-order valence-electron chi connectivity index (χ1n) is 10.1. The van der Waals surface area contributed by atoms with Gasteiger partial charge in [0, 0.05) is 26.2 Å². The van der Waals surface area contributed by atoms with Gasteiger partial charge in [0.25, 0.3) is 0 Å². The van der Waals surface area contributed by atoms with Crippen LogP contribution in [0.4, 0.5) is 4.79 Å². The number of carbonyl (C=O) groups excluding carboxylic acids is 1. The van der Waals surface area contributed by atoms with E-state index in [9.17, 15) is 4.79 Å². The third kappa shape index (κ3) is 3.89. The van der Waals surface area contributed by atoms with Crippen LogP contribution in [0.1, 0.15) is 31.2 Å². The molecule has 0 bridgehead atoms. The van der Waals surface area contributed by atoms with Crippen molar-refractivity contribution in [3.63, 3.8) is 0 Å². The molecule has 0 N–H and O–H groups in total. The van der Waals surface area contributed by atoms with Gasteiger partial charge in [0.1, 0.15) is 5.60 Å². The Balaban J connectivity index is 1.26. The molecule has 3 saturated heterocycles. The Morgan fingerprint density at radius 1 is 1.12 bits per heavy atom. The van der Waals surface area contributed by atoms with Gasteiger partial charge < -0.3 is 14.5 Å². The van der Waals surface area contributed by atoms with Gasteiger partial charge in [0.2, 0.25) is 0 Å². The van der Waals surface area contributed by atoms with Gasteiger partial charge in [-0.2, -0.15) is 0 Å². The SMILES string of the molecule is CN1C[C@@]2(CCCN(C3CCN(CCc4ccccc4)CC3)C2)OC1=O. The van der Waals surface area contributed by atoms with Crippen LogP contribution in [0.2, 0.25) is 0 Å². The number of likely N-dealkylation sites (tertiary alicyclic amines) is 2. The summed E-state index contributed by atoms with van der Waals surface area (Å²) >= 11 is 0. The second kappa shape index (κ2) is 7.57. The van der Waals surface area contributed by atoms with Crippen molar-refractivity contribution in [2.45, 2.75) is 43.7 Å². The molecule has 0 unspecified atom stereocenters. The number of amides is 1. The van der Waals surface area contributed by atoms with Crippen molar-refractivity contribution in [1.29, 1.82) is 0 Å². The topological polar surface area (TPSA) is 36.0 Å². The summed E-state index contributed by atoms with van der Waals surface area (Å²) in [5.74, 6) is 0. The number of rotatable bonds is 4. The number of nitrogens with zero attached hydrogens (tertiary/aromatic N) is 3. The molecule has 3 aliphatic rings. The molecule has 3 aliphatic heterocycles. The highest BCUT2D eigenvalue weighted by Gasteiger charge is 2.47. The van der Waals surface area contributed by atoms with Crippen molar-refractivity contribution in [3.05, 3.63) is 35.9 Å². The van der Waals surface area contributed by atoms with Gasteiger partial charge in [-0.3, -0.25) is 4.90 Å². The fourth-order valence-electron chi connectivity index (χ4n) is 4.89. The zero-order valence-electron chi connectivity index (χ0n) is 15.9. The Kier molecular flexibility index (Phi) is 5.18. The van der Waals surface area contributed by atoms with Crippen LogP contribution >= 0.6 is 0 Å². The minimum absolute atomic E-state index is 0.150. The fourth-order valence-corrected chi connectivity index (χ4v) is 4.89. The monoisotopic (exact) mass is 357 g/mol. The van der Waals surface area contributed by atoms with E-state index < -0.39 is 0 Å². The van der Waals surface area contributed by atoms with Crippen LogP contribution in [0.15, 0.2) is 30.3 Å². The molecule has 142 valence electrons. The number of carbonyl (C=O) groups is 1. The molecule has 1 atom stereocenters. The highest BCUT2D eigenvalue weighted by molar-refractivity contribution is 5.70. The van der Waals surface area contributed by atoms with Crippen molar-refractivity contribution in [2.24, 2.45) is 0 Å². The summed E-state index contributed by atoms with van der Waals surface area (Å²) in [6.45, 7) is 6.33. The van der Waals surface area contributed by atoms with Crippen LogP contribution in [0, 0.1) is 0 Å². The number of piperidine rings is 2. The summed E-state index contributed by atoms with van der Waals surface area (Å²) in [6, 6.07) is 11.4. The third-order valence-corrected chi connectivity index (χ3v) is 6.34. The Bertz CT molecular complexity index is 615. The van der Waals surface area contributed by atoms with Gasteiger partial charge in [-0.1, -0.05) is 30.3 Å². The van der Waals surface area contributed by atoms with Crippen LogP contribution in [0.25, 0.3) is 0 Å². The summed E-state index contributed by atoms with van der Waals surface area (Å²) in [5, 5.41) is 0. The lowest BCUT2D eigenvalue weighted by Gasteiger charge is -2.45. The zero-order chi connectivity index (χ0) is 18.0. The summed E-state index contributed by atoms with van der Waals surface area (Å²) in [4.78, 5) is 18.8. The van der Waals surface area contributed by atoms with Crippen LogP contribution in [0.5, 0.6) is 0 Å². The van der Waals surface area contributed by atoms with Crippen LogP contribution in [-0.2, 0) is 11.2 Å². The summed E-state index contributed by atoms with van der Waals surface area (Å²) in [5.41, 5.74) is 1.17. The summed E-state index contributed by atoms with van der Waals surface area (Å²) in [6.07, 6.45) is 5.59. The molecule has 3 heterocycles. The summed E-state index contributed by atoms with van der Waals surface area (Å²) in [7, 11) is 1.85. The van der Waals surface area contributed by atoms with E-state index in [1.165, 1.54) is 31.5 Å². The second-order valence-electron chi connectivity index (χ2n) is 8.29. The lowest BCUT2D eigenvalue weighted by Crippen LogP contribution is -2.55. The smallest absolute Gasteiger partial charge is 0.410 e. The molecule has 5 nitrogen and oxygen atoms in total. The largest absolute Gasteiger partial charge is 0.440 e. The molecule has 0 saturated carbocycles. The molecular formula is C21H31N3O2. The van der Waals surface area contributed by atoms with E-state index in [4.69, 9.17) is 4.74 Å². The standard InChI is InChI=1S/C21H31N3O2/c1-22-16-21(26-20(22)25)11-5-12-24(17-21)19-9-14-23(15-10-19)13-8-18-6-3-2-4-7-18/h2-4,6-7,19H,5,8-17H2,1H3/t21-/m1/s1. The molecule has 1 aromatic carbocycles. The van der Waals surface area contributed by atoms with Crippen molar-refractivity contribution < 1.29 is 9.53 Å². The molecule has 26 heavy (non-hydrogen) atoms. The van der Waals surface area contributed by atoms with Crippen molar-refractivity contribution in [3.8, 4) is 0 Å². The van der Waals surface area contributed by atoms with E-state index in [2.05, 4.69) is 40.1 Å². The summed E-state index contributed by atoms with van der Waals surface area (Å²) < 4.78 is 5.77. The number of ether oxygens (including phenoxy) is 1. The average molecular weight is 357 g/mol. The first-order valence-corrected chi connectivity index (χ1v) is 10.1. The van der Waals surface area contributed by atoms with E-state index in [1.54, 1.807) is 4.90 Å². The van der Waals surface area contributed by atoms with Crippen molar-refractivity contribution in [1.82, 2.24) is 14.7 Å². The zero-order valence-corrected chi connectivity index (χ0v) is 15.9. The molecule has 4 rings (SSSR count). The lowest BCUT2D eigenvalue weighted by molar-refractivity contribution is -0.0321. The minimum atomic E-state index is -0.255. The van der Waals surface area contributed by atoms with Crippen LogP contribution < -0.4 is 0 Å². The number of hydrogen-bond acceptors (Lipinski definition) is 4. The van der Waals surface area contributed by atoms with Gasteiger partial charge in [-0.05, 0) is 57.3 Å². The van der Waals surface area contributed by atoms with E-state index in [1.807, 2.05) is 7.05 Å². The first-order chi connectivity index (χ1) is 12.6. The number of likely N-dealkylation sites (N-methyl/N-ethyl adjacent to an activating group) is 1. The Morgan fingerprint density at radius 3 is 2.58 bits per heavy atom. The molecule has 1 amide bonds. The second-order valence-corrected chi connectivity index (χ2v) is 8.29. The maximum Gasteiger partial charge on any atom is 0.410 e. The predicted octanol–water partition coefficient (Wildman–Crippen LogP) is 2.61. The normalized spacial score (nSPS) is 28.7. The Hall–Kier alpha value is -1.59. The quantitative estimate of drug-likeness (QED) is 0.830. The van der Waals surface area contributed by atoms with Gasteiger partial charge in [-0.15, -0.1) is 0 Å². The van der Waals surface area contributed by atoms with Crippen LogP contribution in [0.3, 0.4) is 0 Å². The molecule has 1 spiro atoms. The highest BCUT2D eigenvalue weighted by Crippen LogP contribution is 2.33. The highest BCUT2D eigenvalue weighted by atomic mass is 16.6. The van der Waals surface area contributed by atoms with Crippen molar-refractivity contribution >= 4 is 6.09 Å². The molecule has 3 fully saturated rings. The minimum Gasteiger partial charge on any atom is -0.440 e. The van der Waals surface area contributed by atoms with E-state index >= 15 is 0 Å².